The summed E-state index contributed by atoms with van der Waals surface area (Å²) >= 11 is 5.81. The molecule has 2 heterocycles. The van der Waals surface area contributed by atoms with Gasteiger partial charge in [0, 0.05) is 30.9 Å². The van der Waals surface area contributed by atoms with Gasteiger partial charge in [-0.15, -0.1) is 0 Å². The molecule has 1 saturated heterocycles. The topological polar surface area (TPSA) is 79.4 Å². The van der Waals surface area contributed by atoms with Crippen LogP contribution in [0.4, 0.5) is 21.7 Å². The lowest BCUT2D eigenvalue weighted by Gasteiger charge is -2.33. The van der Waals surface area contributed by atoms with Gasteiger partial charge in [0.1, 0.15) is 23.8 Å². The van der Waals surface area contributed by atoms with Gasteiger partial charge in [0.15, 0.2) is 0 Å². The molecule has 1 aromatic carbocycles. The van der Waals surface area contributed by atoms with E-state index in [1.165, 1.54) is 25.6 Å². The summed E-state index contributed by atoms with van der Waals surface area (Å²) < 4.78 is 18.0. The Morgan fingerprint density at radius 1 is 1.36 bits per heavy atom. The van der Waals surface area contributed by atoms with E-state index in [1.54, 1.807) is 12.1 Å². The highest BCUT2D eigenvalue weighted by atomic mass is 35.5. The second-order valence-electron chi connectivity index (χ2n) is 6.65. The van der Waals surface area contributed by atoms with Gasteiger partial charge in [-0.05, 0) is 37.6 Å². The number of ether oxygens (including phenoxy) is 1. The van der Waals surface area contributed by atoms with Gasteiger partial charge in [-0.2, -0.15) is 0 Å². The molecule has 150 valence electrons. The fourth-order valence-electron chi connectivity index (χ4n) is 3.16. The summed E-state index contributed by atoms with van der Waals surface area (Å²) in [5, 5.41) is 6.57. The number of likely N-dealkylation sites (tertiary alicyclic amines) is 1. The van der Waals surface area contributed by atoms with Crippen molar-refractivity contribution in [3.63, 3.8) is 0 Å². The maximum absolute atomic E-state index is 13.3. The van der Waals surface area contributed by atoms with E-state index < -0.39 is 5.82 Å². The number of piperidine rings is 1. The molecular formula is C19H23ClFN5O2. The number of anilines is 3. The molecule has 2 aromatic rings. The van der Waals surface area contributed by atoms with Crippen LogP contribution in [0.25, 0.3) is 0 Å². The number of aromatic nitrogens is 2. The number of rotatable bonds is 7. The minimum absolute atomic E-state index is 0.0478. The molecule has 3 rings (SSSR count). The molecule has 0 bridgehead atoms. The summed E-state index contributed by atoms with van der Waals surface area (Å²) in [5.41, 5.74) is 0.641. The van der Waals surface area contributed by atoms with E-state index in [4.69, 9.17) is 16.3 Å². The van der Waals surface area contributed by atoms with Gasteiger partial charge >= 0.3 is 5.97 Å². The maximum Gasteiger partial charge on any atom is 0.306 e. The van der Waals surface area contributed by atoms with Gasteiger partial charge in [-0.1, -0.05) is 11.6 Å². The molecular weight excluding hydrogens is 385 g/mol. The van der Waals surface area contributed by atoms with Crippen molar-refractivity contribution in [2.45, 2.75) is 25.3 Å². The first kappa shape index (κ1) is 20.3. The number of hydrogen-bond donors (Lipinski definition) is 2. The van der Waals surface area contributed by atoms with E-state index in [1.807, 2.05) is 0 Å². The van der Waals surface area contributed by atoms with E-state index >= 15 is 0 Å². The molecule has 1 fully saturated rings. The van der Waals surface area contributed by atoms with Gasteiger partial charge in [-0.3, -0.25) is 4.79 Å². The van der Waals surface area contributed by atoms with Gasteiger partial charge in [-0.25, -0.2) is 14.4 Å². The minimum Gasteiger partial charge on any atom is -0.469 e. The molecule has 0 spiro atoms. The molecule has 28 heavy (non-hydrogen) atoms. The number of nitrogens with zero attached hydrogens (tertiary/aromatic N) is 3. The Morgan fingerprint density at radius 2 is 2.18 bits per heavy atom. The number of benzene rings is 1. The van der Waals surface area contributed by atoms with Crippen LogP contribution >= 0.6 is 11.6 Å². The molecule has 9 heteroatoms. The van der Waals surface area contributed by atoms with Crippen molar-refractivity contribution in [1.29, 1.82) is 0 Å². The Labute approximate surface area is 168 Å². The Morgan fingerprint density at radius 3 is 2.96 bits per heavy atom. The van der Waals surface area contributed by atoms with Crippen molar-refractivity contribution >= 4 is 34.9 Å². The molecule has 1 atom stereocenters. The van der Waals surface area contributed by atoms with Crippen LogP contribution in [0.2, 0.25) is 5.02 Å². The second kappa shape index (κ2) is 9.66. The molecule has 0 aliphatic carbocycles. The summed E-state index contributed by atoms with van der Waals surface area (Å²) in [7, 11) is 1.41. The summed E-state index contributed by atoms with van der Waals surface area (Å²) in [6.07, 6.45) is 3.93. The lowest BCUT2D eigenvalue weighted by atomic mass is 10.1. The Balaban J connectivity index is 1.57. The maximum atomic E-state index is 13.3. The van der Waals surface area contributed by atoms with Crippen LogP contribution in [0, 0.1) is 5.82 Å². The molecule has 2 N–H and O–H groups in total. The zero-order valence-electron chi connectivity index (χ0n) is 15.6. The van der Waals surface area contributed by atoms with Crippen LogP contribution < -0.4 is 10.6 Å². The minimum atomic E-state index is -0.466. The number of nitrogens with one attached hydrogen (secondary N) is 2. The monoisotopic (exact) mass is 407 g/mol. The highest BCUT2D eigenvalue weighted by Gasteiger charge is 2.20. The van der Waals surface area contributed by atoms with Gasteiger partial charge in [0.25, 0.3) is 0 Å². The number of carbonyl (C=O) groups is 1. The van der Waals surface area contributed by atoms with Crippen LogP contribution in [0.3, 0.4) is 0 Å². The largest absolute Gasteiger partial charge is 0.469 e. The molecule has 1 aromatic heterocycles. The number of esters is 1. The zero-order valence-corrected chi connectivity index (χ0v) is 16.4. The number of methoxy groups -OCH3 is 1. The lowest BCUT2D eigenvalue weighted by molar-refractivity contribution is -0.141. The molecule has 1 unspecified atom stereocenters. The third kappa shape index (κ3) is 5.77. The van der Waals surface area contributed by atoms with Crippen molar-refractivity contribution < 1.29 is 13.9 Å². The zero-order chi connectivity index (χ0) is 19.9. The van der Waals surface area contributed by atoms with E-state index in [0.29, 0.717) is 30.3 Å². The van der Waals surface area contributed by atoms with Gasteiger partial charge in [0.05, 0.1) is 18.6 Å². The Bertz CT molecular complexity index is 823. The van der Waals surface area contributed by atoms with Gasteiger partial charge in [0.2, 0.25) is 0 Å². The second-order valence-corrected chi connectivity index (χ2v) is 7.06. The fourth-order valence-corrected chi connectivity index (χ4v) is 3.34. The first-order valence-corrected chi connectivity index (χ1v) is 9.51. The molecule has 0 saturated carbocycles. The first-order chi connectivity index (χ1) is 13.5. The molecule has 0 amide bonds. The number of carbonyl (C=O) groups excluding carboxylic acids is 1. The number of halogens is 2. The molecule has 7 nitrogen and oxygen atoms in total. The van der Waals surface area contributed by atoms with Crippen LogP contribution in [0.15, 0.2) is 30.6 Å². The highest BCUT2D eigenvalue weighted by molar-refractivity contribution is 6.31. The predicted molar refractivity (Wildman–Crippen MR) is 106 cm³/mol. The summed E-state index contributed by atoms with van der Waals surface area (Å²) in [5.74, 6) is 0.623. The normalized spacial score (nSPS) is 17.2. The Kier molecular flexibility index (Phi) is 7.00. The average Bonchev–Trinajstić information content (AvgIpc) is 2.69. The van der Waals surface area contributed by atoms with Crippen molar-refractivity contribution in [2.75, 3.05) is 37.4 Å². The third-order valence-corrected chi connectivity index (χ3v) is 4.87. The fraction of sp³-hybridized carbons (Fsp3) is 0.421. The van der Waals surface area contributed by atoms with E-state index in [-0.39, 0.29) is 17.0 Å². The van der Waals surface area contributed by atoms with Crippen LogP contribution in [0.5, 0.6) is 0 Å². The predicted octanol–water partition coefficient (Wildman–Crippen LogP) is 3.45. The molecule has 1 aliphatic heterocycles. The highest BCUT2D eigenvalue weighted by Crippen LogP contribution is 2.23. The SMILES string of the molecule is COC(=O)CCN1CCCC(Nc2cc(Nc3ccc(F)c(Cl)c3)ncn2)C1. The summed E-state index contributed by atoms with van der Waals surface area (Å²) in [4.78, 5) is 22.1. The van der Waals surface area contributed by atoms with Crippen molar-refractivity contribution in [1.82, 2.24) is 14.9 Å². The average molecular weight is 408 g/mol. The van der Waals surface area contributed by atoms with E-state index in [0.717, 1.165) is 25.9 Å². The summed E-state index contributed by atoms with van der Waals surface area (Å²) in [6, 6.07) is 6.43. The third-order valence-electron chi connectivity index (χ3n) is 4.58. The van der Waals surface area contributed by atoms with E-state index in [9.17, 15) is 9.18 Å². The molecule has 0 radical (unpaired) electrons. The Hall–Kier alpha value is -2.45. The van der Waals surface area contributed by atoms with Crippen molar-refractivity contribution in [3.8, 4) is 0 Å². The first-order valence-electron chi connectivity index (χ1n) is 9.13. The smallest absolute Gasteiger partial charge is 0.306 e. The van der Waals surface area contributed by atoms with Crippen LogP contribution in [0.1, 0.15) is 19.3 Å². The van der Waals surface area contributed by atoms with E-state index in [2.05, 4.69) is 25.5 Å². The van der Waals surface area contributed by atoms with Crippen LogP contribution in [-0.2, 0) is 9.53 Å². The van der Waals surface area contributed by atoms with Crippen molar-refractivity contribution in [2.24, 2.45) is 0 Å². The quantitative estimate of drug-likeness (QED) is 0.680. The van der Waals surface area contributed by atoms with Gasteiger partial charge < -0.3 is 20.3 Å². The standard InChI is InChI=1S/C19H23ClFN5O2/c1-28-19(27)6-8-26-7-2-3-14(11-26)25-18-10-17(22-12-23-18)24-13-4-5-16(21)15(20)9-13/h4-5,9-10,12,14H,2-3,6-8,11H2,1H3,(H2,22,23,24,25). The summed E-state index contributed by atoms with van der Waals surface area (Å²) in [6.45, 7) is 2.49. The van der Waals surface area contributed by atoms with Crippen LogP contribution in [-0.4, -0.2) is 53.6 Å². The molecule has 1 aliphatic rings. The lowest BCUT2D eigenvalue weighted by Crippen LogP contribution is -2.43. The number of hydrogen-bond acceptors (Lipinski definition) is 7. The van der Waals surface area contributed by atoms with Crippen molar-refractivity contribution in [3.05, 3.63) is 41.4 Å².